The molecule has 0 saturated carbocycles. The molecule has 0 aliphatic carbocycles. The topological polar surface area (TPSA) is 52.0 Å². The molecule has 24 heavy (non-hydrogen) atoms. The van der Waals surface area contributed by atoms with Gasteiger partial charge in [-0.05, 0) is 35.9 Å². The number of aromatic nitrogens is 3. The molecule has 120 valence electrons. The van der Waals surface area contributed by atoms with E-state index in [2.05, 4.69) is 21.5 Å². The van der Waals surface area contributed by atoms with Crippen LogP contribution in [0.5, 0.6) is 5.75 Å². The minimum Gasteiger partial charge on any atom is -0.497 e. The summed E-state index contributed by atoms with van der Waals surface area (Å²) in [5.74, 6) is 1.50. The van der Waals surface area contributed by atoms with Gasteiger partial charge in [-0.1, -0.05) is 35.9 Å². The van der Waals surface area contributed by atoms with Crippen molar-refractivity contribution in [1.29, 1.82) is 0 Å². The van der Waals surface area contributed by atoms with E-state index >= 15 is 0 Å². The Labute approximate surface area is 144 Å². The van der Waals surface area contributed by atoms with Crippen molar-refractivity contribution in [2.75, 3.05) is 12.4 Å². The Morgan fingerprint density at radius 3 is 2.88 bits per heavy atom. The lowest BCUT2D eigenvalue weighted by Gasteiger charge is -2.24. The molecule has 0 amide bonds. The Kier molecular flexibility index (Phi) is 3.70. The first-order valence-electron chi connectivity index (χ1n) is 7.53. The van der Waals surface area contributed by atoms with Gasteiger partial charge in [0.1, 0.15) is 18.1 Å². The number of hydrogen-bond donors (Lipinski definition) is 1. The smallest absolute Gasteiger partial charge is 0.226 e. The van der Waals surface area contributed by atoms with Crippen LogP contribution < -0.4 is 10.1 Å². The molecule has 3 aromatic rings. The number of halogens is 1. The van der Waals surface area contributed by atoms with Crippen LogP contribution in [-0.2, 0) is 0 Å². The largest absolute Gasteiger partial charge is 0.497 e. The molecule has 4 rings (SSSR count). The number of ether oxygens (including phenoxy) is 1. The molecule has 0 fully saturated rings. The van der Waals surface area contributed by atoms with Crippen molar-refractivity contribution < 1.29 is 4.74 Å². The summed E-state index contributed by atoms with van der Waals surface area (Å²) in [5, 5.41) is 8.36. The summed E-state index contributed by atoms with van der Waals surface area (Å²) in [6.07, 6.45) is 3.66. The van der Waals surface area contributed by atoms with Gasteiger partial charge >= 0.3 is 0 Å². The molecule has 0 unspecified atom stereocenters. The van der Waals surface area contributed by atoms with Crippen LogP contribution in [0.3, 0.4) is 0 Å². The van der Waals surface area contributed by atoms with E-state index in [9.17, 15) is 0 Å². The second-order valence-electron chi connectivity index (χ2n) is 5.47. The molecule has 0 spiro atoms. The zero-order valence-electron chi connectivity index (χ0n) is 13.0. The van der Waals surface area contributed by atoms with E-state index in [-0.39, 0.29) is 6.04 Å². The average molecular weight is 339 g/mol. The lowest BCUT2D eigenvalue weighted by molar-refractivity contribution is 0.414. The third-order valence-electron chi connectivity index (χ3n) is 3.98. The van der Waals surface area contributed by atoms with Crippen molar-refractivity contribution >= 4 is 23.2 Å². The van der Waals surface area contributed by atoms with Crippen molar-refractivity contribution in [2.45, 2.75) is 6.04 Å². The molecule has 5 nitrogen and oxygen atoms in total. The second-order valence-corrected chi connectivity index (χ2v) is 5.90. The Morgan fingerprint density at radius 2 is 2.04 bits per heavy atom. The van der Waals surface area contributed by atoms with Crippen molar-refractivity contribution in [3.8, 4) is 5.75 Å². The molecule has 2 heterocycles. The number of nitrogens with one attached hydrogen (secondary N) is 1. The summed E-state index contributed by atoms with van der Waals surface area (Å²) in [4.78, 5) is 4.31. The van der Waals surface area contributed by atoms with E-state index in [0.717, 1.165) is 22.6 Å². The maximum Gasteiger partial charge on any atom is 0.226 e. The molecule has 1 N–H and O–H groups in total. The molecule has 6 heteroatoms. The van der Waals surface area contributed by atoms with Gasteiger partial charge < -0.3 is 10.1 Å². The zero-order chi connectivity index (χ0) is 16.5. The Hall–Kier alpha value is -2.79. The standard InChI is InChI=1S/C18H15ClN4O/c1-24-15-7-3-4-12(9-15)16-10-17(13-5-2-6-14(19)8-13)23-18(22-16)20-11-21-23/h2-11,17H,1H3,(H,20,21,22)/t17-/m0/s1. The summed E-state index contributed by atoms with van der Waals surface area (Å²) in [6, 6.07) is 15.6. The fourth-order valence-electron chi connectivity index (χ4n) is 2.82. The maximum atomic E-state index is 6.16. The number of benzene rings is 2. The Morgan fingerprint density at radius 1 is 1.17 bits per heavy atom. The minimum absolute atomic E-state index is 0.0800. The molecule has 1 aliphatic heterocycles. The van der Waals surface area contributed by atoms with Gasteiger partial charge in [-0.25, -0.2) is 4.68 Å². The molecule has 1 aliphatic rings. The van der Waals surface area contributed by atoms with Gasteiger partial charge in [0, 0.05) is 16.3 Å². The third-order valence-corrected chi connectivity index (χ3v) is 4.21. The van der Waals surface area contributed by atoms with Crippen molar-refractivity contribution in [1.82, 2.24) is 14.8 Å². The van der Waals surface area contributed by atoms with E-state index < -0.39 is 0 Å². The molecule has 1 atom stereocenters. The van der Waals surface area contributed by atoms with Gasteiger partial charge in [-0.3, -0.25) is 0 Å². The minimum atomic E-state index is -0.0800. The van der Waals surface area contributed by atoms with Crippen molar-refractivity contribution in [3.05, 3.63) is 77.1 Å². The predicted molar refractivity (Wildman–Crippen MR) is 94.2 cm³/mol. The first kappa shape index (κ1) is 14.8. The van der Waals surface area contributed by atoms with E-state index in [4.69, 9.17) is 16.3 Å². The molecule has 0 radical (unpaired) electrons. The van der Waals surface area contributed by atoms with Gasteiger partial charge in [0.05, 0.1) is 7.11 Å². The van der Waals surface area contributed by atoms with Crippen LogP contribution in [0, 0.1) is 0 Å². The van der Waals surface area contributed by atoms with Crippen LogP contribution in [0.4, 0.5) is 5.95 Å². The molecular formula is C18H15ClN4O. The SMILES string of the molecule is COc1cccc(C2=C[C@@H](c3cccc(Cl)c3)n3ncnc3N2)c1. The van der Waals surface area contributed by atoms with Crippen LogP contribution in [0.25, 0.3) is 5.70 Å². The van der Waals surface area contributed by atoms with E-state index in [0.29, 0.717) is 11.0 Å². The first-order chi connectivity index (χ1) is 11.7. The predicted octanol–water partition coefficient (Wildman–Crippen LogP) is 4.00. The number of rotatable bonds is 3. The summed E-state index contributed by atoms with van der Waals surface area (Å²) in [5.41, 5.74) is 3.03. The maximum absolute atomic E-state index is 6.16. The zero-order valence-corrected chi connectivity index (χ0v) is 13.7. The monoisotopic (exact) mass is 338 g/mol. The normalized spacial score (nSPS) is 16.1. The van der Waals surface area contributed by atoms with Gasteiger partial charge in [-0.15, -0.1) is 0 Å². The number of hydrogen-bond acceptors (Lipinski definition) is 4. The summed E-state index contributed by atoms with van der Waals surface area (Å²) in [7, 11) is 1.66. The second kappa shape index (κ2) is 6.02. The average Bonchev–Trinajstić information content (AvgIpc) is 3.09. The fourth-order valence-corrected chi connectivity index (χ4v) is 3.02. The fraction of sp³-hybridized carbons (Fsp3) is 0.111. The quantitative estimate of drug-likeness (QED) is 0.784. The van der Waals surface area contributed by atoms with Crippen molar-refractivity contribution in [3.63, 3.8) is 0 Å². The van der Waals surface area contributed by atoms with Gasteiger partial charge in [-0.2, -0.15) is 10.1 Å². The molecule has 1 aromatic heterocycles. The molecule has 0 saturated heterocycles. The molecular weight excluding hydrogens is 324 g/mol. The Balaban J connectivity index is 1.81. The molecule has 0 bridgehead atoms. The first-order valence-corrected chi connectivity index (χ1v) is 7.90. The van der Waals surface area contributed by atoms with Crippen LogP contribution in [0.15, 0.2) is 60.9 Å². The van der Waals surface area contributed by atoms with Crippen molar-refractivity contribution in [2.24, 2.45) is 0 Å². The molecule has 2 aromatic carbocycles. The van der Waals surface area contributed by atoms with Gasteiger partial charge in [0.25, 0.3) is 0 Å². The van der Waals surface area contributed by atoms with Gasteiger partial charge in [0.15, 0.2) is 0 Å². The Bertz CT molecular complexity index is 919. The number of nitrogens with zero attached hydrogens (tertiary/aromatic N) is 3. The summed E-state index contributed by atoms with van der Waals surface area (Å²) >= 11 is 6.16. The lowest BCUT2D eigenvalue weighted by atomic mass is 10.0. The lowest BCUT2D eigenvalue weighted by Crippen LogP contribution is -2.20. The third kappa shape index (κ3) is 2.63. The highest BCUT2D eigenvalue weighted by Crippen LogP contribution is 2.33. The highest BCUT2D eigenvalue weighted by molar-refractivity contribution is 6.30. The van der Waals surface area contributed by atoms with Crippen LogP contribution in [-0.4, -0.2) is 21.9 Å². The van der Waals surface area contributed by atoms with Crippen LogP contribution in [0.1, 0.15) is 17.2 Å². The summed E-state index contributed by atoms with van der Waals surface area (Å²) in [6.45, 7) is 0. The van der Waals surface area contributed by atoms with E-state index in [1.165, 1.54) is 0 Å². The van der Waals surface area contributed by atoms with Crippen LogP contribution in [0.2, 0.25) is 5.02 Å². The van der Waals surface area contributed by atoms with E-state index in [1.54, 1.807) is 13.4 Å². The van der Waals surface area contributed by atoms with Gasteiger partial charge in [0.2, 0.25) is 5.95 Å². The number of methoxy groups -OCH3 is 1. The highest BCUT2D eigenvalue weighted by atomic mass is 35.5. The number of anilines is 1. The van der Waals surface area contributed by atoms with E-state index in [1.807, 2.05) is 53.2 Å². The number of allylic oxidation sites excluding steroid dienone is 1. The van der Waals surface area contributed by atoms with Crippen LogP contribution >= 0.6 is 11.6 Å². The number of fused-ring (bicyclic) bond motifs is 1. The summed E-state index contributed by atoms with van der Waals surface area (Å²) < 4.78 is 7.16. The highest BCUT2D eigenvalue weighted by Gasteiger charge is 2.23.